The summed E-state index contributed by atoms with van der Waals surface area (Å²) >= 11 is 0. The molecule has 1 aromatic heterocycles. The van der Waals surface area contributed by atoms with E-state index in [1.54, 1.807) is 0 Å². The average molecular weight is 234 g/mol. The summed E-state index contributed by atoms with van der Waals surface area (Å²) in [5.74, 6) is 3.50. The van der Waals surface area contributed by atoms with Crippen molar-refractivity contribution >= 4 is 0 Å². The van der Waals surface area contributed by atoms with E-state index in [-0.39, 0.29) is 0 Å². The molecule has 0 aliphatic heterocycles. The lowest BCUT2D eigenvalue weighted by atomic mass is 9.91. The molecule has 17 heavy (non-hydrogen) atoms. The lowest BCUT2D eigenvalue weighted by Crippen LogP contribution is -2.04. The van der Waals surface area contributed by atoms with Crippen molar-refractivity contribution in [3.8, 4) is 0 Å². The minimum Gasteiger partial charge on any atom is -0.276 e. The van der Waals surface area contributed by atoms with Crippen molar-refractivity contribution in [1.82, 2.24) is 9.78 Å². The molecule has 0 amide bonds. The highest BCUT2D eigenvalue weighted by molar-refractivity contribution is 5.23. The van der Waals surface area contributed by atoms with Crippen LogP contribution in [0.4, 0.5) is 0 Å². The van der Waals surface area contributed by atoms with Crippen LogP contribution in [0.3, 0.4) is 0 Å². The second-order valence-electron chi connectivity index (χ2n) is 5.75. The summed E-state index contributed by atoms with van der Waals surface area (Å²) in [6.07, 6.45) is 9.73. The van der Waals surface area contributed by atoms with Crippen LogP contribution in [-0.4, -0.2) is 9.78 Å². The SMILES string of the molecule is CCCC(CCC)C1C(C)C1c1cnn(C)c1. The Morgan fingerprint density at radius 2 is 1.94 bits per heavy atom. The van der Waals surface area contributed by atoms with Crippen molar-refractivity contribution in [3.05, 3.63) is 18.0 Å². The van der Waals surface area contributed by atoms with Gasteiger partial charge in [0.15, 0.2) is 0 Å². The van der Waals surface area contributed by atoms with Gasteiger partial charge in [0.05, 0.1) is 6.20 Å². The predicted octanol–water partition coefficient (Wildman–Crippen LogP) is 3.99. The van der Waals surface area contributed by atoms with Gasteiger partial charge in [0.2, 0.25) is 0 Å². The first-order valence-corrected chi connectivity index (χ1v) is 7.17. The van der Waals surface area contributed by atoms with Gasteiger partial charge < -0.3 is 0 Å². The maximum absolute atomic E-state index is 4.31. The molecule has 2 rings (SSSR count). The van der Waals surface area contributed by atoms with E-state index in [2.05, 4.69) is 38.3 Å². The van der Waals surface area contributed by atoms with Crippen molar-refractivity contribution < 1.29 is 0 Å². The first-order valence-electron chi connectivity index (χ1n) is 7.17. The first kappa shape index (κ1) is 12.7. The van der Waals surface area contributed by atoms with Crippen LogP contribution < -0.4 is 0 Å². The highest BCUT2D eigenvalue weighted by atomic mass is 15.2. The second kappa shape index (κ2) is 5.24. The molecule has 1 saturated carbocycles. The Morgan fingerprint density at radius 3 is 2.41 bits per heavy atom. The summed E-state index contributed by atoms with van der Waals surface area (Å²) in [6.45, 7) is 7.05. The fourth-order valence-corrected chi connectivity index (χ4v) is 3.63. The van der Waals surface area contributed by atoms with Gasteiger partial charge in [-0.05, 0) is 29.2 Å². The molecule has 2 nitrogen and oxygen atoms in total. The van der Waals surface area contributed by atoms with E-state index in [4.69, 9.17) is 0 Å². The fourth-order valence-electron chi connectivity index (χ4n) is 3.63. The molecular weight excluding hydrogens is 208 g/mol. The Morgan fingerprint density at radius 1 is 1.29 bits per heavy atom. The van der Waals surface area contributed by atoms with Crippen LogP contribution in [0.25, 0.3) is 0 Å². The van der Waals surface area contributed by atoms with Gasteiger partial charge in [-0.3, -0.25) is 4.68 Å². The zero-order valence-electron chi connectivity index (χ0n) is 11.7. The molecule has 0 bridgehead atoms. The number of aryl methyl sites for hydroxylation is 1. The number of hydrogen-bond donors (Lipinski definition) is 0. The van der Waals surface area contributed by atoms with Gasteiger partial charge in [-0.15, -0.1) is 0 Å². The van der Waals surface area contributed by atoms with Crippen LogP contribution in [0.15, 0.2) is 12.4 Å². The molecule has 1 heterocycles. The summed E-state index contributed by atoms with van der Waals surface area (Å²) in [7, 11) is 2.02. The highest BCUT2D eigenvalue weighted by Crippen LogP contribution is 2.59. The minimum absolute atomic E-state index is 0.784. The van der Waals surface area contributed by atoms with Gasteiger partial charge in [0.1, 0.15) is 0 Å². The molecule has 0 saturated heterocycles. The van der Waals surface area contributed by atoms with E-state index in [1.165, 1.54) is 31.2 Å². The van der Waals surface area contributed by atoms with E-state index in [9.17, 15) is 0 Å². The standard InChI is InChI=1S/C15H26N2/c1-5-7-12(8-6-2)14-11(3)15(14)13-9-16-17(4)10-13/h9-12,14-15H,5-8H2,1-4H3. The maximum atomic E-state index is 4.31. The fraction of sp³-hybridized carbons (Fsp3) is 0.800. The van der Waals surface area contributed by atoms with Crippen LogP contribution in [-0.2, 0) is 7.05 Å². The molecule has 0 aromatic carbocycles. The molecule has 3 atom stereocenters. The molecule has 0 N–H and O–H groups in total. The van der Waals surface area contributed by atoms with Gasteiger partial charge in [-0.1, -0.05) is 46.5 Å². The monoisotopic (exact) mass is 234 g/mol. The van der Waals surface area contributed by atoms with E-state index >= 15 is 0 Å². The average Bonchev–Trinajstić information content (AvgIpc) is 2.75. The topological polar surface area (TPSA) is 17.8 Å². The van der Waals surface area contributed by atoms with Crippen molar-refractivity contribution in [1.29, 1.82) is 0 Å². The third-order valence-corrected chi connectivity index (χ3v) is 4.42. The Labute approximate surface area is 105 Å². The molecular formula is C15H26N2. The minimum atomic E-state index is 0.784. The summed E-state index contributed by atoms with van der Waals surface area (Å²) in [5, 5.41) is 4.31. The van der Waals surface area contributed by atoms with Crippen LogP contribution in [0.1, 0.15) is 57.9 Å². The second-order valence-corrected chi connectivity index (χ2v) is 5.75. The Balaban J connectivity index is 2.03. The third-order valence-electron chi connectivity index (χ3n) is 4.42. The Hall–Kier alpha value is -0.790. The zero-order valence-corrected chi connectivity index (χ0v) is 11.7. The number of rotatable bonds is 6. The third kappa shape index (κ3) is 2.56. The molecule has 3 unspecified atom stereocenters. The summed E-state index contributed by atoms with van der Waals surface area (Å²) in [4.78, 5) is 0. The van der Waals surface area contributed by atoms with Crippen LogP contribution in [0.5, 0.6) is 0 Å². The molecule has 1 aliphatic rings. The van der Waals surface area contributed by atoms with Crippen molar-refractivity contribution in [3.63, 3.8) is 0 Å². The van der Waals surface area contributed by atoms with Crippen molar-refractivity contribution in [2.24, 2.45) is 24.8 Å². The highest BCUT2D eigenvalue weighted by Gasteiger charge is 2.51. The molecule has 1 aliphatic carbocycles. The quantitative estimate of drug-likeness (QED) is 0.728. The Bertz CT molecular complexity index is 350. The normalized spacial score (nSPS) is 27.7. The number of hydrogen-bond acceptors (Lipinski definition) is 1. The molecule has 1 fully saturated rings. The van der Waals surface area contributed by atoms with E-state index in [1.807, 2.05) is 11.7 Å². The number of aromatic nitrogens is 2. The van der Waals surface area contributed by atoms with Crippen molar-refractivity contribution in [2.45, 2.75) is 52.4 Å². The van der Waals surface area contributed by atoms with Gasteiger partial charge in [0, 0.05) is 13.2 Å². The number of nitrogens with zero attached hydrogens (tertiary/aromatic N) is 2. The molecule has 0 spiro atoms. The lowest BCUT2D eigenvalue weighted by Gasteiger charge is -2.15. The summed E-state index contributed by atoms with van der Waals surface area (Å²) < 4.78 is 1.94. The van der Waals surface area contributed by atoms with Crippen LogP contribution >= 0.6 is 0 Å². The van der Waals surface area contributed by atoms with Gasteiger partial charge in [-0.2, -0.15) is 5.10 Å². The van der Waals surface area contributed by atoms with E-state index in [0.717, 1.165) is 23.7 Å². The molecule has 96 valence electrons. The predicted molar refractivity (Wildman–Crippen MR) is 71.9 cm³/mol. The lowest BCUT2D eigenvalue weighted by molar-refractivity contribution is 0.371. The maximum Gasteiger partial charge on any atom is 0.0524 e. The smallest absolute Gasteiger partial charge is 0.0524 e. The van der Waals surface area contributed by atoms with Gasteiger partial charge >= 0.3 is 0 Å². The van der Waals surface area contributed by atoms with E-state index in [0.29, 0.717) is 0 Å². The first-order chi connectivity index (χ1) is 8.19. The molecule has 0 radical (unpaired) electrons. The van der Waals surface area contributed by atoms with Crippen molar-refractivity contribution in [2.75, 3.05) is 0 Å². The summed E-state index contributed by atoms with van der Waals surface area (Å²) in [6, 6.07) is 0. The largest absolute Gasteiger partial charge is 0.276 e. The molecule has 1 aromatic rings. The van der Waals surface area contributed by atoms with Gasteiger partial charge in [-0.25, -0.2) is 0 Å². The van der Waals surface area contributed by atoms with Crippen LogP contribution in [0, 0.1) is 17.8 Å². The summed E-state index contributed by atoms with van der Waals surface area (Å²) in [5.41, 5.74) is 1.46. The zero-order chi connectivity index (χ0) is 12.4. The Kier molecular flexibility index (Phi) is 3.90. The molecule has 2 heteroatoms. The van der Waals surface area contributed by atoms with Crippen LogP contribution in [0.2, 0.25) is 0 Å². The van der Waals surface area contributed by atoms with Gasteiger partial charge in [0.25, 0.3) is 0 Å². The van der Waals surface area contributed by atoms with E-state index < -0.39 is 0 Å².